The normalized spacial score (nSPS) is 16.8. The summed E-state index contributed by atoms with van der Waals surface area (Å²) in [7, 11) is 3.77. The Morgan fingerprint density at radius 1 is 1.32 bits per heavy atom. The molecule has 0 radical (unpaired) electrons. The van der Waals surface area contributed by atoms with E-state index in [1.807, 2.05) is 24.3 Å². The zero-order chi connectivity index (χ0) is 15.8. The summed E-state index contributed by atoms with van der Waals surface area (Å²) >= 11 is 0. The van der Waals surface area contributed by atoms with Gasteiger partial charge < -0.3 is 15.0 Å². The summed E-state index contributed by atoms with van der Waals surface area (Å²) in [6, 6.07) is 7.63. The van der Waals surface area contributed by atoms with Crippen LogP contribution in [-0.4, -0.2) is 69.1 Å². The predicted molar refractivity (Wildman–Crippen MR) is 89.0 cm³/mol. The maximum Gasteiger partial charge on any atom is 0.244 e. The van der Waals surface area contributed by atoms with Crippen molar-refractivity contribution < 1.29 is 9.53 Å². The predicted octanol–water partition coefficient (Wildman–Crippen LogP) is 1.07. The Bertz CT molecular complexity index is 508. The molecule has 2 rings (SSSR count). The number of ether oxygens (including phenoxy) is 1. The summed E-state index contributed by atoms with van der Waals surface area (Å²) in [5.41, 5.74) is 0.952. The van der Waals surface area contributed by atoms with Gasteiger partial charge in [0.25, 0.3) is 0 Å². The molecular weight excluding hydrogens is 278 g/mol. The quantitative estimate of drug-likeness (QED) is 0.799. The molecule has 5 nitrogen and oxygen atoms in total. The SMILES string of the molecule is COc1cccc(/C=C\C(=O)NCCN2CCN(C)CC2)c1. The number of amides is 1. The Hall–Kier alpha value is -1.85. The van der Waals surface area contributed by atoms with Crippen molar-refractivity contribution in [3.05, 3.63) is 35.9 Å². The molecule has 1 N–H and O–H groups in total. The number of benzene rings is 1. The average molecular weight is 303 g/mol. The monoisotopic (exact) mass is 303 g/mol. The Morgan fingerprint density at radius 2 is 2.09 bits per heavy atom. The molecule has 1 aromatic rings. The second-order valence-electron chi connectivity index (χ2n) is 5.55. The molecule has 120 valence electrons. The fraction of sp³-hybridized carbons (Fsp3) is 0.471. The van der Waals surface area contributed by atoms with Crippen LogP contribution in [0.15, 0.2) is 30.3 Å². The van der Waals surface area contributed by atoms with E-state index in [1.54, 1.807) is 19.3 Å². The number of hydrogen-bond donors (Lipinski definition) is 1. The molecular formula is C17H25N3O2. The molecule has 0 aliphatic carbocycles. The van der Waals surface area contributed by atoms with Crippen LogP contribution in [0.2, 0.25) is 0 Å². The molecule has 1 saturated heterocycles. The Morgan fingerprint density at radius 3 is 2.82 bits per heavy atom. The van der Waals surface area contributed by atoms with Crippen LogP contribution in [0.5, 0.6) is 5.75 Å². The fourth-order valence-corrected chi connectivity index (χ4v) is 2.38. The largest absolute Gasteiger partial charge is 0.497 e. The fourth-order valence-electron chi connectivity index (χ4n) is 2.38. The number of carbonyl (C=O) groups excluding carboxylic acids is 1. The summed E-state index contributed by atoms with van der Waals surface area (Å²) in [5, 5.41) is 2.93. The molecule has 0 saturated carbocycles. The summed E-state index contributed by atoms with van der Waals surface area (Å²) in [6.45, 7) is 5.95. The van der Waals surface area contributed by atoms with Crippen molar-refractivity contribution in [2.75, 3.05) is 53.4 Å². The van der Waals surface area contributed by atoms with Crippen LogP contribution in [0.4, 0.5) is 0 Å². The number of hydrogen-bond acceptors (Lipinski definition) is 4. The molecule has 0 unspecified atom stereocenters. The van der Waals surface area contributed by atoms with E-state index in [-0.39, 0.29) is 5.91 Å². The first kappa shape index (κ1) is 16.5. The van der Waals surface area contributed by atoms with E-state index in [9.17, 15) is 4.79 Å². The van der Waals surface area contributed by atoms with Gasteiger partial charge in [0.05, 0.1) is 7.11 Å². The van der Waals surface area contributed by atoms with E-state index in [0.29, 0.717) is 6.54 Å². The van der Waals surface area contributed by atoms with Gasteiger partial charge in [-0.15, -0.1) is 0 Å². The van der Waals surface area contributed by atoms with Crippen LogP contribution < -0.4 is 10.1 Å². The van der Waals surface area contributed by atoms with Crippen LogP contribution in [0.1, 0.15) is 5.56 Å². The molecule has 5 heteroatoms. The average Bonchev–Trinajstić information content (AvgIpc) is 2.55. The number of likely N-dealkylation sites (N-methyl/N-ethyl adjacent to an activating group) is 1. The van der Waals surface area contributed by atoms with Crippen LogP contribution >= 0.6 is 0 Å². The van der Waals surface area contributed by atoms with Gasteiger partial charge in [-0.3, -0.25) is 9.69 Å². The summed E-state index contributed by atoms with van der Waals surface area (Å²) in [4.78, 5) is 16.5. The highest BCUT2D eigenvalue weighted by Gasteiger charge is 2.12. The molecule has 0 spiro atoms. The first-order chi connectivity index (χ1) is 10.7. The van der Waals surface area contributed by atoms with E-state index < -0.39 is 0 Å². The lowest BCUT2D eigenvalue weighted by Gasteiger charge is -2.32. The number of rotatable bonds is 6. The van der Waals surface area contributed by atoms with Crippen molar-refractivity contribution in [3.63, 3.8) is 0 Å². The van der Waals surface area contributed by atoms with Crippen LogP contribution in [0, 0.1) is 0 Å². The first-order valence-corrected chi connectivity index (χ1v) is 7.68. The Labute approximate surface area is 132 Å². The minimum Gasteiger partial charge on any atom is -0.497 e. The van der Waals surface area contributed by atoms with E-state index in [0.717, 1.165) is 44.0 Å². The Balaban J connectivity index is 1.70. The lowest BCUT2D eigenvalue weighted by molar-refractivity contribution is -0.116. The van der Waals surface area contributed by atoms with Gasteiger partial charge in [0.2, 0.25) is 5.91 Å². The molecule has 1 aromatic carbocycles. The van der Waals surface area contributed by atoms with Crippen LogP contribution in [0.25, 0.3) is 6.08 Å². The van der Waals surface area contributed by atoms with Gasteiger partial charge in [-0.25, -0.2) is 0 Å². The molecule has 0 aromatic heterocycles. The lowest BCUT2D eigenvalue weighted by atomic mass is 10.2. The van der Waals surface area contributed by atoms with Crippen molar-refractivity contribution in [2.24, 2.45) is 0 Å². The molecule has 1 aliphatic rings. The van der Waals surface area contributed by atoms with Crippen molar-refractivity contribution in [1.29, 1.82) is 0 Å². The van der Waals surface area contributed by atoms with E-state index in [1.165, 1.54) is 0 Å². The molecule has 1 heterocycles. The topological polar surface area (TPSA) is 44.8 Å². The van der Waals surface area contributed by atoms with E-state index in [2.05, 4.69) is 22.2 Å². The van der Waals surface area contributed by atoms with Crippen molar-refractivity contribution in [1.82, 2.24) is 15.1 Å². The summed E-state index contributed by atoms with van der Waals surface area (Å²) in [5.74, 6) is 0.731. The number of carbonyl (C=O) groups is 1. The van der Waals surface area contributed by atoms with Gasteiger partial charge in [-0.2, -0.15) is 0 Å². The summed E-state index contributed by atoms with van der Waals surface area (Å²) in [6.07, 6.45) is 3.37. The van der Waals surface area contributed by atoms with E-state index >= 15 is 0 Å². The minimum absolute atomic E-state index is 0.0584. The standard InChI is InChI=1S/C17H25N3O2/c1-19-10-12-20(13-11-19)9-8-18-17(21)7-6-15-4-3-5-16(14-15)22-2/h3-7,14H,8-13H2,1-2H3,(H,18,21)/b7-6-. The molecule has 1 fully saturated rings. The molecule has 0 bridgehead atoms. The first-order valence-electron chi connectivity index (χ1n) is 7.68. The molecule has 1 amide bonds. The number of nitrogens with zero attached hydrogens (tertiary/aromatic N) is 2. The van der Waals surface area contributed by atoms with Crippen LogP contribution in [0.3, 0.4) is 0 Å². The summed E-state index contributed by atoms with van der Waals surface area (Å²) < 4.78 is 5.16. The third-order valence-electron chi connectivity index (χ3n) is 3.84. The second kappa shape index (κ2) is 8.56. The highest BCUT2D eigenvalue weighted by Crippen LogP contribution is 2.13. The van der Waals surface area contributed by atoms with Gasteiger partial charge in [-0.1, -0.05) is 12.1 Å². The zero-order valence-corrected chi connectivity index (χ0v) is 13.4. The minimum atomic E-state index is -0.0584. The van der Waals surface area contributed by atoms with Crippen LogP contribution in [-0.2, 0) is 4.79 Å². The molecule has 1 aliphatic heterocycles. The van der Waals surface area contributed by atoms with Gasteiger partial charge >= 0.3 is 0 Å². The third-order valence-corrected chi connectivity index (χ3v) is 3.84. The number of piperazine rings is 1. The maximum atomic E-state index is 11.8. The van der Waals surface area contributed by atoms with Crippen molar-refractivity contribution >= 4 is 12.0 Å². The lowest BCUT2D eigenvalue weighted by Crippen LogP contribution is -2.46. The third kappa shape index (κ3) is 5.50. The molecule has 22 heavy (non-hydrogen) atoms. The number of nitrogens with one attached hydrogen (secondary N) is 1. The highest BCUT2D eigenvalue weighted by atomic mass is 16.5. The zero-order valence-electron chi connectivity index (χ0n) is 13.4. The Kier molecular flexibility index (Phi) is 6.43. The van der Waals surface area contributed by atoms with Crippen molar-refractivity contribution in [2.45, 2.75) is 0 Å². The highest BCUT2D eigenvalue weighted by molar-refractivity contribution is 5.91. The second-order valence-corrected chi connectivity index (χ2v) is 5.55. The van der Waals surface area contributed by atoms with E-state index in [4.69, 9.17) is 4.74 Å². The van der Waals surface area contributed by atoms with Gasteiger partial charge in [0.1, 0.15) is 5.75 Å². The molecule has 0 atom stereocenters. The smallest absolute Gasteiger partial charge is 0.244 e. The van der Waals surface area contributed by atoms with Gasteiger partial charge in [0, 0.05) is 45.3 Å². The van der Waals surface area contributed by atoms with Crippen molar-refractivity contribution in [3.8, 4) is 5.75 Å². The number of methoxy groups -OCH3 is 1. The van der Waals surface area contributed by atoms with Gasteiger partial charge in [0.15, 0.2) is 0 Å². The maximum absolute atomic E-state index is 11.8. The van der Waals surface area contributed by atoms with Gasteiger partial charge in [-0.05, 0) is 30.8 Å².